The van der Waals surface area contributed by atoms with Crippen molar-refractivity contribution in [2.24, 2.45) is 4.99 Å². The number of carbonyl (C=O) groups excluding carboxylic acids is 1. The van der Waals surface area contributed by atoms with Gasteiger partial charge in [0.25, 0.3) is 0 Å². The minimum Gasteiger partial charge on any atom is -0.491 e. The molecule has 1 aliphatic heterocycles. The van der Waals surface area contributed by atoms with Crippen LogP contribution in [0.3, 0.4) is 0 Å². The fourth-order valence-corrected chi connectivity index (χ4v) is 3.05. The summed E-state index contributed by atoms with van der Waals surface area (Å²) in [6.45, 7) is 11.1. The van der Waals surface area contributed by atoms with Gasteiger partial charge in [-0.1, -0.05) is 12.1 Å². The summed E-state index contributed by atoms with van der Waals surface area (Å²) in [6.07, 6.45) is 1.71. The van der Waals surface area contributed by atoms with E-state index in [1.54, 1.807) is 4.90 Å². The third kappa shape index (κ3) is 9.10. The number of halogens is 1. The largest absolute Gasteiger partial charge is 0.491 e. The summed E-state index contributed by atoms with van der Waals surface area (Å²) in [5, 5.41) is 6.79. The first-order valence-electron chi connectivity index (χ1n) is 10.2. The van der Waals surface area contributed by atoms with Crippen molar-refractivity contribution in [3.8, 4) is 5.75 Å². The van der Waals surface area contributed by atoms with Gasteiger partial charge in [-0.2, -0.15) is 0 Å². The lowest BCUT2D eigenvalue weighted by Crippen LogP contribution is -2.49. The lowest BCUT2D eigenvalue weighted by atomic mass is 10.1. The molecule has 0 saturated carbocycles. The lowest BCUT2D eigenvalue weighted by molar-refractivity contribution is 0.0963. The zero-order valence-electron chi connectivity index (χ0n) is 17.9. The van der Waals surface area contributed by atoms with E-state index in [0.29, 0.717) is 32.3 Å². The molecule has 0 unspecified atom stereocenters. The Hall–Kier alpha value is -1.71. The van der Waals surface area contributed by atoms with Crippen molar-refractivity contribution < 1.29 is 14.3 Å². The van der Waals surface area contributed by atoms with E-state index in [9.17, 15) is 4.79 Å². The van der Waals surface area contributed by atoms with E-state index < -0.39 is 0 Å². The van der Waals surface area contributed by atoms with Crippen LogP contribution in [0.25, 0.3) is 0 Å². The number of likely N-dealkylation sites (tertiary alicyclic amines) is 1. The van der Waals surface area contributed by atoms with Gasteiger partial charge in [-0.25, -0.2) is 9.79 Å². The van der Waals surface area contributed by atoms with Gasteiger partial charge in [-0.3, -0.25) is 0 Å². The average molecular weight is 518 g/mol. The molecule has 164 valence electrons. The summed E-state index contributed by atoms with van der Waals surface area (Å²) in [4.78, 5) is 18.3. The van der Waals surface area contributed by atoms with Crippen LogP contribution in [0.5, 0.6) is 5.75 Å². The van der Waals surface area contributed by atoms with Gasteiger partial charge in [0.1, 0.15) is 5.75 Å². The van der Waals surface area contributed by atoms with Crippen LogP contribution in [0, 0.1) is 0 Å². The van der Waals surface area contributed by atoms with Gasteiger partial charge in [0, 0.05) is 25.7 Å². The molecule has 1 aromatic rings. The van der Waals surface area contributed by atoms with Crippen molar-refractivity contribution in [1.82, 2.24) is 15.5 Å². The van der Waals surface area contributed by atoms with Crippen LogP contribution in [0.15, 0.2) is 29.3 Å². The molecule has 29 heavy (non-hydrogen) atoms. The normalized spacial score (nSPS) is 14.9. The number of amides is 1. The Morgan fingerprint density at radius 2 is 1.86 bits per heavy atom. The topological polar surface area (TPSA) is 75.2 Å². The smallest absolute Gasteiger partial charge is 0.409 e. The van der Waals surface area contributed by atoms with Crippen LogP contribution in [-0.4, -0.2) is 55.3 Å². The second-order valence-electron chi connectivity index (χ2n) is 7.11. The average Bonchev–Trinajstić information content (AvgIpc) is 2.68. The van der Waals surface area contributed by atoms with Gasteiger partial charge >= 0.3 is 6.09 Å². The van der Waals surface area contributed by atoms with Crippen molar-refractivity contribution in [3.05, 3.63) is 29.8 Å². The van der Waals surface area contributed by atoms with Crippen LogP contribution in [-0.2, 0) is 11.3 Å². The number of ether oxygens (including phenoxy) is 2. The molecular weight excluding hydrogens is 483 g/mol. The Morgan fingerprint density at radius 1 is 1.21 bits per heavy atom. The molecule has 1 heterocycles. The van der Waals surface area contributed by atoms with Gasteiger partial charge in [0.05, 0.1) is 19.3 Å². The Bertz CT molecular complexity index is 629. The summed E-state index contributed by atoms with van der Waals surface area (Å²) in [5.74, 6) is 1.68. The fraction of sp³-hybridized carbons (Fsp3) is 0.619. The molecule has 1 saturated heterocycles. The molecule has 2 N–H and O–H groups in total. The van der Waals surface area contributed by atoms with Gasteiger partial charge in [-0.15, -0.1) is 24.0 Å². The number of rotatable bonds is 7. The van der Waals surface area contributed by atoms with E-state index in [0.717, 1.165) is 36.7 Å². The molecule has 2 rings (SSSR count). The molecule has 0 spiro atoms. The van der Waals surface area contributed by atoms with Gasteiger partial charge in [0.2, 0.25) is 0 Å². The maximum absolute atomic E-state index is 11.8. The monoisotopic (exact) mass is 518 g/mol. The third-order valence-corrected chi connectivity index (χ3v) is 4.42. The highest BCUT2D eigenvalue weighted by Gasteiger charge is 2.24. The molecule has 0 aliphatic carbocycles. The first-order chi connectivity index (χ1) is 13.5. The van der Waals surface area contributed by atoms with Gasteiger partial charge in [0.15, 0.2) is 5.96 Å². The number of guanidine groups is 1. The summed E-state index contributed by atoms with van der Waals surface area (Å²) in [6, 6.07) is 8.35. The maximum atomic E-state index is 11.8. The van der Waals surface area contributed by atoms with Crippen molar-refractivity contribution in [2.45, 2.75) is 59.2 Å². The van der Waals surface area contributed by atoms with Crippen molar-refractivity contribution >= 4 is 36.0 Å². The van der Waals surface area contributed by atoms with E-state index >= 15 is 0 Å². The molecule has 1 fully saturated rings. The number of hydrogen-bond donors (Lipinski definition) is 2. The Labute approximate surface area is 191 Å². The summed E-state index contributed by atoms with van der Waals surface area (Å²) >= 11 is 0. The number of piperidine rings is 1. The van der Waals surface area contributed by atoms with Crippen LogP contribution in [0.4, 0.5) is 4.79 Å². The first-order valence-corrected chi connectivity index (χ1v) is 10.2. The Kier molecular flexibility index (Phi) is 11.8. The number of benzene rings is 1. The summed E-state index contributed by atoms with van der Waals surface area (Å²) < 4.78 is 10.8. The predicted molar refractivity (Wildman–Crippen MR) is 127 cm³/mol. The van der Waals surface area contributed by atoms with Gasteiger partial charge < -0.3 is 25.0 Å². The standard InChI is InChI=1S/C21H34N4O3.HI/c1-5-22-20(23-15-17-7-9-19(10-8-17)28-16(3)4)24-18-11-13-25(14-12-18)21(26)27-6-2;/h7-10,16,18H,5-6,11-15H2,1-4H3,(H2,22,23,24);1H. The Morgan fingerprint density at radius 3 is 2.41 bits per heavy atom. The summed E-state index contributed by atoms with van der Waals surface area (Å²) in [7, 11) is 0. The van der Waals surface area contributed by atoms with Crippen molar-refractivity contribution in [2.75, 3.05) is 26.2 Å². The van der Waals surface area contributed by atoms with E-state index in [-0.39, 0.29) is 36.2 Å². The molecule has 1 aromatic carbocycles. The fourth-order valence-electron chi connectivity index (χ4n) is 3.05. The first kappa shape index (κ1) is 25.3. The lowest BCUT2D eigenvalue weighted by Gasteiger charge is -2.32. The second kappa shape index (κ2) is 13.5. The highest BCUT2D eigenvalue weighted by atomic mass is 127. The van der Waals surface area contributed by atoms with E-state index in [1.165, 1.54) is 0 Å². The molecule has 8 heteroatoms. The highest BCUT2D eigenvalue weighted by Crippen LogP contribution is 2.15. The van der Waals surface area contributed by atoms with Crippen molar-refractivity contribution in [1.29, 1.82) is 0 Å². The molecule has 0 atom stereocenters. The number of carbonyl (C=O) groups is 1. The third-order valence-electron chi connectivity index (χ3n) is 4.42. The molecule has 0 aromatic heterocycles. The number of nitrogens with one attached hydrogen (secondary N) is 2. The van der Waals surface area contributed by atoms with E-state index in [2.05, 4.69) is 17.6 Å². The van der Waals surface area contributed by atoms with E-state index in [1.807, 2.05) is 45.0 Å². The highest BCUT2D eigenvalue weighted by molar-refractivity contribution is 14.0. The van der Waals surface area contributed by atoms with Crippen LogP contribution < -0.4 is 15.4 Å². The zero-order valence-corrected chi connectivity index (χ0v) is 20.3. The van der Waals surface area contributed by atoms with Crippen molar-refractivity contribution in [3.63, 3.8) is 0 Å². The quantitative estimate of drug-likeness (QED) is 0.327. The molecule has 7 nitrogen and oxygen atoms in total. The SMILES string of the molecule is CCNC(=NCc1ccc(OC(C)C)cc1)NC1CCN(C(=O)OCC)CC1.I. The molecule has 0 bridgehead atoms. The predicted octanol–water partition coefficient (Wildman–Crippen LogP) is 3.77. The molecular formula is C21H35IN4O3. The maximum Gasteiger partial charge on any atom is 0.409 e. The number of aliphatic imine (C=N–C) groups is 1. The van der Waals surface area contributed by atoms with Crippen LogP contribution in [0.1, 0.15) is 46.1 Å². The Balaban J connectivity index is 0.00000420. The minimum atomic E-state index is -0.216. The zero-order chi connectivity index (χ0) is 20.4. The molecule has 1 amide bonds. The van der Waals surface area contributed by atoms with Crippen LogP contribution in [0.2, 0.25) is 0 Å². The molecule has 0 radical (unpaired) electrons. The van der Waals surface area contributed by atoms with Crippen LogP contribution >= 0.6 is 24.0 Å². The minimum absolute atomic E-state index is 0. The number of hydrogen-bond acceptors (Lipinski definition) is 4. The molecule has 1 aliphatic rings. The summed E-state index contributed by atoms with van der Waals surface area (Å²) in [5.41, 5.74) is 1.13. The second-order valence-corrected chi connectivity index (χ2v) is 7.11. The van der Waals surface area contributed by atoms with Gasteiger partial charge in [-0.05, 0) is 58.2 Å². The van der Waals surface area contributed by atoms with E-state index in [4.69, 9.17) is 14.5 Å². The number of nitrogens with zero attached hydrogens (tertiary/aromatic N) is 2.